The molecule has 1 aromatic carbocycles. The third kappa shape index (κ3) is 6.74. The number of unbranched alkanes of at least 4 members (excludes halogenated alkanes) is 1. The molecular formula is C17H29NO. The molecule has 0 fully saturated rings. The highest BCUT2D eigenvalue weighted by Crippen LogP contribution is 2.12. The molecular weight excluding hydrogens is 234 g/mol. The molecule has 0 saturated heterocycles. The third-order valence-electron chi connectivity index (χ3n) is 3.86. The lowest BCUT2D eigenvalue weighted by Gasteiger charge is -2.20. The van der Waals surface area contributed by atoms with E-state index in [0.29, 0.717) is 5.92 Å². The van der Waals surface area contributed by atoms with E-state index in [1.165, 1.54) is 18.4 Å². The summed E-state index contributed by atoms with van der Waals surface area (Å²) in [5, 5.41) is 13.4. The van der Waals surface area contributed by atoms with Crippen molar-refractivity contribution >= 4 is 0 Å². The number of rotatable bonds is 10. The van der Waals surface area contributed by atoms with Gasteiger partial charge < -0.3 is 10.4 Å². The third-order valence-corrected chi connectivity index (χ3v) is 3.86. The van der Waals surface area contributed by atoms with E-state index in [0.717, 1.165) is 32.4 Å². The first-order valence-electron chi connectivity index (χ1n) is 7.70. The van der Waals surface area contributed by atoms with Crippen LogP contribution in [-0.4, -0.2) is 24.3 Å². The number of nitrogens with one attached hydrogen (secondary N) is 1. The van der Waals surface area contributed by atoms with Gasteiger partial charge in [0, 0.05) is 6.54 Å². The minimum atomic E-state index is -0.191. The smallest absolute Gasteiger partial charge is 0.0692 e. The minimum Gasteiger partial charge on any atom is -0.392 e. The Bertz CT molecular complexity index is 308. The summed E-state index contributed by atoms with van der Waals surface area (Å²) < 4.78 is 0. The zero-order valence-electron chi connectivity index (χ0n) is 12.4. The second-order valence-electron chi connectivity index (χ2n) is 5.29. The molecule has 1 aromatic rings. The number of aliphatic hydroxyl groups is 1. The fraction of sp³-hybridized carbons (Fsp3) is 0.647. The minimum absolute atomic E-state index is 0.191. The molecule has 2 N–H and O–H groups in total. The Morgan fingerprint density at radius 2 is 1.74 bits per heavy atom. The van der Waals surface area contributed by atoms with Crippen molar-refractivity contribution in [3.05, 3.63) is 35.9 Å². The van der Waals surface area contributed by atoms with Gasteiger partial charge in [0.15, 0.2) is 0 Å². The molecule has 2 heteroatoms. The highest BCUT2D eigenvalue weighted by Gasteiger charge is 2.14. The van der Waals surface area contributed by atoms with E-state index in [1.807, 2.05) is 0 Å². The Balaban J connectivity index is 2.02. The van der Waals surface area contributed by atoms with Gasteiger partial charge in [-0.2, -0.15) is 0 Å². The number of hydrogen-bond acceptors (Lipinski definition) is 2. The van der Waals surface area contributed by atoms with Gasteiger partial charge in [-0.3, -0.25) is 0 Å². The molecule has 0 aromatic heterocycles. The summed E-state index contributed by atoms with van der Waals surface area (Å²) >= 11 is 0. The van der Waals surface area contributed by atoms with Gasteiger partial charge >= 0.3 is 0 Å². The summed E-state index contributed by atoms with van der Waals surface area (Å²) in [6.45, 7) is 6.04. The molecule has 108 valence electrons. The fourth-order valence-corrected chi connectivity index (χ4v) is 2.47. The lowest BCUT2D eigenvalue weighted by molar-refractivity contribution is 0.102. The Labute approximate surface area is 118 Å². The Morgan fingerprint density at radius 3 is 2.37 bits per heavy atom. The van der Waals surface area contributed by atoms with E-state index in [9.17, 15) is 5.11 Å². The van der Waals surface area contributed by atoms with Crippen LogP contribution in [0.5, 0.6) is 0 Å². The normalized spacial score (nSPS) is 12.8. The van der Waals surface area contributed by atoms with E-state index in [-0.39, 0.29) is 6.10 Å². The van der Waals surface area contributed by atoms with Gasteiger partial charge in [0.25, 0.3) is 0 Å². The van der Waals surface area contributed by atoms with Gasteiger partial charge in [0.1, 0.15) is 0 Å². The van der Waals surface area contributed by atoms with Crippen LogP contribution in [0.3, 0.4) is 0 Å². The first kappa shape index (κ1) is 16.2. The standard InChI is InChI=1S/C17H29NO/c1-3-16(4-2)17(19)14-18-13-9-8-12-15-10-6-5-7-11-15/h5-7,10-11,16-19H,3-4,8-9,12-14H2,1-2H3. The summed E-state index contributed by atoms with van der Waals surface area (Å²) in [5.74, 6) is 0.441. The molecule has 1 atom stereocenters. The predicted molar refractivity (Wildman–Crippen MR) is 82.3 cm³/mol. The molecule has 0 aliphatic heterocycles. The number of benzene rings is 1. The van der Waals surface area contributed by atoms with Gasteiger partial charge in [0.05, 0.1) is 6.10 Å². The van der Waals surface area contributed by atoms with Crippen LogP contribution in [0.4, 0.5) is 0 Å². The van der Waals surface area contributed by atoms with Crippen molar-refractivity contribution in [1.82, 2.24) is 5.32 Å². The Hall–Kier alpha value is -0.860. The molecule has 0 bridgehead atoms. The van der Waals surface area contributed by atoms with Crippen LogP contribution in [0.1, 0.15) is 45.1 Å². The fourth-order valence-electron chi connectivity index (χ4n) is 2.47. The summed E-state index contributed by atoms with van der Waals surface area (Å²) in [6, 6.07) is 10.6. The highest BCUT2D eigenvalue weighted by atomic mass is 16.3. The summed E-state index contributed by atoms with van der Waals surface area (Å²) in [4.78, 5) is 0. The predicted octanol–water partition coefficient (Wildman–Crippen LogP) is 3.40. The number of aliphatic hydroxyl groups excluding tert-OH is 1. The SMILES string of the molecule is CCC(CC)C(O)CNCCCCc1ccccc1. The molecule has 0 radical (unpaired) electrons. The van der Waals surface area contributed by atoms with Gasteiger partial charge in [-0.25, -0.2) is 0 Å². The Kier molecular flexibility index (Phi) is 8.52. The quantitative estimate of drug-likeness (QED) is 0.634. The van der Waals surface area contributed by atoms with Crippen molar-refractivity contribution < 1.29 is 5.11 Å². The monoisotopic (exact) mass is 263 g/mol. The van der Waals surface area contributed by atoms with Crippen LogP contribution in [0, 0.1) is 5.92 Å². The van der Waals surface area contributed by atoms with E-state index in [2.05, 4.69) is 49.5 Å². The maximum absolute atomic E-state index is 9.98. The first-order valence-corrected chi connectivity index (χ1v) is 7.70. The summed E-state index contributed by atoms with van der Waals surface area (Å²) in [5.41, 5.74) is 1.42. The maximum Gasteiger partial charge on any atom is 0.0692 e. The molecule has 0 spiro atoms. The van der Waals surface area contributed by atoms with Crippen LogP contribution in [0.25, 0.3) is 0 Å². The van der Waals surface area contributed by atoms with Crippen molar-refractivity contribution in [3.8, 4) is 0 Å². The van der Waals surface area contributed by atoms with Gasteiger partial charge in [-0.15, -0.1) is 0 Å². The largest absolute Gasteiger partial charge is 0.392 e. The van der Waals surface area contributed by atoms with Crippen molar-refractivity contribution in [2.75, 3.05) is 13.1 Å². The molecule has 19 heavy (non-hydrogen) atoms. The topological polar surface area (TPSA) is 32.3 Å². The molecule has 0 saturated carbocycles. The lowest BCUT2D eigenvalue weighted by atomic mass is 9.96. The summed E-state index contributed by atoms with van der Waals surface area (Å²) in [7, 11) is 0. The zero-order chi connectivity index (χ0) is 13.9. The van der Waals surface area contributed by atoms with Crippen LogP contribution >= 0.6 is 0 Å². The van der Waals surface area contributed by atoms with Gasteiger partial charge in [0.2, 0.25) is 0 Å². The van der Waals surface area contributed by atoms with E-state index in [4.69, 9.17) is 0 Å². The lowest BCUT2D eigenvalue weighted by Crippen LogP contribution is -2.33. The van der Waals surface area contributed by atoms with Crippen molar-refractivity contribution in [3.63, 3.8) is 0 Å². The molecule has 2 nitrogen and oxygen atoms in total. The molecule has 0 aliphatic rings. The second-order valence-corrected chi connectivity index (χ2v) is 5.29. The molecule has 0 aliphatic carbocycles. The van der Waals surface area contributed by atoms with Crippen molar-refractivity contribution in [2.45, 2.75) is 52.1 Å². The number of aryl methyl sites for hydroxylation is 1. The zero-order valence-corrected chi connectivity index (χ0v) is 12.4. The van der Waals surface area contributed by atoms with Crippen LogP contribution in [-0.2, 0) is 6.42 Å². The summed E-state index contributed by atoms with van der Waals surface area (Å²) in [6.07, 6.45) is 5.46. The van der Waals surface area contributed by atoms with Gasteiger partial charge in [-0.1, -0.05) is 57.0 Å². The molecule has 0 heterocycles. The van der Waals surface area contributed by atoms with Gasteiger partial charge in [-0.05, 0) is 37.3 Å². The molecule has 1 unspecified atom stereocenters. The van der Waals surface area contributed by atoms with Crippen molar-refractivity contribution in [2.24, 2.45) is 5.92 Å². The van der Waals surface area contributed by atoms with Crippen LogP contribution < -0.4 is 5.32 Å². The molecule has 1 rings (SSSR count). The average Bonchev–Trinajstić information content (AvgIpc) is 2.45. The van der Waals surface area contributed by atoms with Crippen molar-refractivity contribution in [1.29, 1.82) is 0 Å². The second kappa shape index (κ2) is 9.99. The van der Waals surface area contributed by atoms with E-state index in [1.54, 1.807) is 0 Å². The Morgan fingerprint density at radius 1 is 1.05 bits per heavy atom. The first-order chi connectivity index (χ1) is 9.27. The maximum atomic E-state index is 9.98. The van der Waals surface area contributed by atoms with E-state index < -0.39 is 0 Å². The van der Waals surface area contributed by atoms with Crippen LogP contribution in [0.15, 0.2) is 30.3 Å². The van der Waals surface area contributed by atoms with Crippen LogP contribution in [0.2, 0.25) is 0 Å². The highest BCUT2D eigenvalue weighted by molar-refractivity contribution is 5.14. The van der Waals surface area contributed by atoms with E-state index >= 15 is 0 Å². The average molecular weight is 263 g/mol. The molecule has 0 amide bonds. The number of hydrogen-bond donors (Lipinski definition) is 2.